The molecule has 1 aliphatic rings. The molecule has 0 aliphatic carbocycles. The number of para-hydroxylation sites is 1. The molecule has 5 heteroatoms. The molecule has 0 saturated carbocycles. The van der Waals surface area contributed by atoms with Crippen LogP contribution in [0.3, 0.4) is 0 Å². The van der Waals surface area contributed by atoms with E-state index < -0.39 is 0 Å². The van der Waals surface area contributed by atoms with Crippen molar-refractivity contribution in [2.45, 2.75) is 0 Å². The predicted octanol–water partition coefficient (Wildman–Crippen LogP) is 5.74. The van der Waals surface area contributed by atoms with Crippen molar-refractivity contribution in [1.29, 1.82) is 0 Å². The highest BCUT2D eigenvalue weighted by Crippen LogP contribution is 2.30. The van der Waals surface area contributed by atoms with Gasteiger partial charge in [0.2, 0.25) is 0 Å². The molecule has 3 aromatic carbocycles. The van der Waals surface area contributed by atoms with Crippen molar-refractivity contribution in [2.75, 3.05) is 11.6 Å². The van der Waals surface area contributed by atoms with Gasteiger partial charge in [0.25, 0.3) is 5.91 Å². The van der Waals surface area contributed by atoms with E-state index in [0.29, 0.717) is 34.4 Å². The summed E-state index contributed by atoms with van der Waals surface area (Å²) in [6.45, 7) is 4.01. The summed E-state index contributed by atoms with van der Waals surface area (Å²) in [4.78, 5) is 13.3. The van der Waals surface area contributed by atoms with E-state index in [1.807, 2.05) is 66.7 Å². The first-order valence-electron chi connectivity index (χ1n) is 9.46. The topological polar surface area (TPSA) is 41.9 Å². The molecule has 1 amide bonds. The number of amides is 1. The zero-order valence-corrected chi connectivity index (χ0v) is 16.9. The fourth-order valence-corrected chi connectivity index (χ4v) is 3.38. The highest BCUT2D eigenvalue weighted by atomic mass is 35.5. The van der Waals surface area contributed by atoms with E-state index in [1.54, 1.807) is 24.3 Å². The molecule has 0 atom stereocenters. The summed E-state index contributed by atoms with van der Waals surface area (Å²) < 4.78 is 5.53. The molecule has 4 rings (SSSR count). The van der Waals surface area contributed by atoms with Gasteiger partial charge in [-0.2, -0.15) is 10.1 Å². The molecular weight excluding hydrogens is 396 g/mol. The summed E-state index contributed by atoms with van der Waals surface area (Å²) in [5, 5.41) is 6.53. The molecule has 30 heavy (non-hydrogen) atoms. The van der Waals surface area contributed by atoms with E-state index in [9.17, 15) is 4.79 Å². The van der Waals surface area contributed by atoms with E-state index in [2.05, 4.69) is 11.7 Å². The van der Waals surface area contributed by atoms with Gasteiger partial charge in [-0.25, -0.2) is 0 Å². The molecule has 1 heterocycles. The third-order valence-electron chi connectivity index (χ3n) is 4.55. The second-order valence-electron chi connectivity index (χ2n) is 6.61. The number of hydrogen-bond donors (Lipinski definition) is 0. The third-order valence-corrected chi connectivity index (χ3v) is 4.84. The molecule has 1 aliphatic heterocycles. The number of hydrogen-bond acceptors (Lipinski definition) is 3. The van der Waals surface area contributed by atoms with Crippen molar-refractivity contribution < 1.29 is 9.53 Å². The van der Waals surface area contributed by atoms with Crippen LogP contribution in [0.25, 0.3) is 6.08 Å². The molecular formula is C25H19ClN2O2. The third kappa shape index (κ3) is 4.04. The fraction of sp³-hybridized carbons (Fsp3) is 0.0400. The van der Waals surface area contributed by atoms with Crippen LogP contribution in [-0.4, -0.2) is 18.2 Å². The Morgan fingerprint density at radius 2 is 1.70 bits per heavy atom. The first-order valence-corrected chi connectivity index (χ1v) is 9.84. The van der Waals surface area contributed by atoms with E-state index >= 15 is 0 Å². The minimum atomic E-state index is -0.192. The van der Waals surface area contributed by atoms with Gasteiger partial charge >= 0.3 is 0 Å². The highest BCUT2D eigenvalue weighted by Gasteiger charge is 2.31. The van der Waals surface area contributed by atoms with Gasteiger partial charge in [0.05, 0.1) is 16.3 Å². The smallest absolute Gasteiger partial charge is 0.281 e. The number of benzene rings is 3. The summed E-state index contributed by atoms with van der Waals surface area (Å²) in [7, 11) is 0. The number of anilines is 1. The Hall–Kier alpha value is -3.63. The van der Waals surface area contributed by atoms with Crippen molar-refractivity contribution in [3.63, 3.8) is 0 Å². The maximum Gasteiger partial charge on any atom is 0.281 e. The molecule has 4 nitrogen and oxygen atoms in total. The second kappa shape index (κ2) is 8.80. The van der Waals surface area contributed by atoms with Crippen LogP contribution < -0.4 is 9.75 Å². The molecule has 148 valence electrons. The minimum Gasteiger partial charge on any atom is -0.488 e. The lowest BCUT2D eigenvalue weighted by atomic mass is 10.0. The Kier molecular flexibility index (Phi) is 5.77. The normalized spacial score (nSPS) is 14.7. The summed E-state index contributed by atoms with van der Waals surface area (Å²) in [5.74, 6) is 0.377. The Morgan fingerprint density at radius 1 is 1.00 bits per heavy atom. The van der Waals surface area contributed by atoms with Crippen LogP contribution in [0.4, 0.5) is 5.69 Å². The van der Waals surface area contributed by atoms with Gasteiger partial charge in [0.1, 0.15) is 18.1 Å². The van der Waals surface area contributed by atoms with Gasteiger partial charge in [0, 0.05) is 5.56 Å². The Balaban J connectivity index is 1.75. The van der Waals surface area contributed by atoms with E-state index in [-0.39, 0.29) is 5.91 Å². The van der Waals surface area contributed by atoms with Crippen LogP contribution in [0, 0.1) is 0 Å². The van der Waals surface area contributed by atoms with Gasteiger partial charge in [-0.1, -0.05) is 78.9 Å². The Bertz CT molecular complexity index is 1140. The lowest BCUT2D eigenvalue weighted by Gasteiger charge is -2.11. The zero-order valence-electron chi connectivity index (χ0n) is 16.2. The molecule has 0 bridgehead atoms. The average molecular weight is 415 g/mol. The summed E-state index contributed by atoms with van der Waals surface area (Å²) >= 11 is 6.35. The van der Waals surface area contributed by atoms with Crippen molar-refractivity contribution in [2.24, 2.45) is 5.10 Å². The number of rotatable bonds is 6. The van der Waals surface area contributed by atoms with Gasteiger partial charge < -0.3 is 4.74 Å². The minimum absolute atomic E-state index is 0.192. The number of carbonyl (C=O) groups is 1. The number of hydrazone groups is 1. The molecule has 0 saturated heterocycles. The van der Waals surface area contributed by atoms with Gasteiger partial charge in [-0.05, 0) is 35.9 Å². The van der Waals surface area contributed by atoms with Crippen LogP contribution in [0.2, 0.25) is 5.02 Å². The maximum atomic E-state index is 13.3. The van der Waals surface area contributed by atoms with Crippen LogP contribution in [0.1, 0.15) is 11.1 Å². The monoisotopic (exact) mass is 414 g/mol. The van der Waals surface area contributed by atoms with E-state index in [1.165, 1.54) is 5.01 Å². The number of carbonyl (C=O) groups excluding carboxylic acids is 1. The number of halogens is 1. The molecule has 0 spiro atoms. The lowest BCUT2D eigenvalue weighted by Crippen LogP contribution is -2.21. The standard InChI is InChI=1S/C25H19ClN2O2/c1-2-15-30-23-14-13-18(17-22(23)26)16-21-24(19-9-5-3-6-10-19)27-28(25(21)29)20-11-7-4-8-12-20/h2-14,16-17H,1,15H2/b21-16-. The maximum absolute atomic E-state index is 13.3. The van der Waals surface area contributed by atoms with Crippen molar-refractivity contribution in [1.82, 2.24) is 0 Å². The first-order chi connectivity index (χ1) is 14.7. The van der Waals surface area contributed by atoms with Crippen LogP contribution in [-0.2, 0) is 4.79 Å². The largest absolute Gasteiger partial charge is 0.488 e. The van der Waals surface area contributed by atoms with E-state index in [4.69, 9.17) is 16.3 Å². The first kappa shape index (κ1) is 19.7. The van der Waals surface area contributed by atoms with Crippen LogP contribution in [0.5, 0.6) is 5.75 Å². The van der Waals surface area contributed by atoms with Crippen molar-refractivity contribution >= 4 is 35.0 Å². The van der Waals surface area contributed by atoms with Crippen molar-refractivity contribution in [3.8, 4) is 5.75 Å². The number of nitrogens with zero attached hydrogens (tertiary/aromatic N) is 2. The SMILES string of the molecule is C=CCOc1ccc(/C=C2\C(=O)N(c3ccccc3)N=C2c2ccccc2)cc1Cl. The fourth-order valence-electron chi connectivity index (χ4n) is 3.14. The lowest BCUT2D eigenvalue weighted by molar-refractivity contribution is -0.114. The Morgan fingerprint density at radius 3 is 2.37 bits per heavy atom. The quantitative estimate of drug-likeness (QED) is 0.381. The second-order valence-corrected chi connectivity index (χ2v) is 7.02. The van der Waals surface area contributed by atoms with Gasteiger partial charge in [-0.15, -0.1) is 0 Å². The van der Waals surface area contributed by atoms with E-state index in [0.717, 1.165) is 11.1 Å². The highest BCUT2D eigenvalue weighted by molar-refractivity contribution is 6.37. The van der Waals surface area contributed by atoms with Gasteiger partial charge in [0.15, 0.2) is 0 Å². The van der Waals surface area contributed by atoms with Crippen molar-refractivity contribution in [3.05, 3.63) is 113 Å². The predicted molar refractivity (Wildman–Crippen MR) is 122 cm³/mol. The van der Waals surface area contributed by atoms with Crippen LogP contribution >= 0.6 is 11.6 Å². The molecule has 0 aromatic heterocycles. The molecule has 3 aromatic rings. The molecule has 0 fully saturated rings. The summed E-state index contributed by atoms with van der Waals surface area (Å²) in [6, 6.07) is 24.4. The summed E-state index contributed by atoms with van der Waals surface area (Å²) in [6.07, 6.45) is 3.46. The van der Waals surface area contributed by atoms with Gasteiger partial charge in [-0.3, -0.25) is 4.79 Å². The Labute approximate surface area is 180 Å². The zero-order chi connectivity index (χ0) is 20.9. The molecule has 0 N–H and O–H groups in total. The molecule has 0 radical (unpaired) electrons. The molecule has 0 unspecified atom stereocenters. The van der Waals surface area contributed by atoms with Crippen LogP contribution in [0.15, 0.2) is 102 Å². The average Bonchev–Trinajstić information content (AvgIpc) is 3.10. The number of ether oxygens (including phenoxy) is 1. The summed E-state index contributed by atoms with van der Waals surface area (Å²) in [5.41, 5.74) is 3.49.